The van der Waals surface area contributed by atoms with E-state index in [4.69, 9.17) is 27.9 Å². The van der Waals surface area contributed by atoms with Crippen LogP contribution in [-0.2, 0) is 22.9 Å². The van der Waals surface area contributed by atoms with Crippen LogP contribution in [0, 0.1) is 0 Å². The molecule has 9 heteroatoms. The van der Waals surface area contributed by atoms with Gasteiger partial charge in [0.15, 0.2) is 0 Å². The Morgan fingerprint density at radius 3 is 2.03 bits per heavy atom. The Bertz CT molecular complexity index is 1180. The first-order chi connectivity index (χ1) is 15.9. The number of rotatable bonds is 8. The molecule has 0 fully saturated rings. The Kier molecular flexibility index (Phi) is 7.44. The van der Waals surface area contributed by atoms with E-state index in [2.05, 4.69) is 9.62 Å². The van der Waals surface area contributed by atoms with Gasteiger partial charge in [0.05, 0.1) is 4.90 Å². The molecule has 0 radical (unpaired) electrons. The number of fused-ring (bicyclic) bond motifs is 2. The molecular weight excluding hydrogens is 486 g/mol. The van der Waals surface area contributed by atoms with Crippen molar-refractivity contribution in [2.24, 2.45) is 0 Å². The van der Waals surface area contributed by atoms with Crippen LogP contribution in [0.5, 0.6) is 5.75 Å². The van der Waals surface area contributed by atoms with E-state index in [-0.39, 0.29) is 17.2 Å². The van der Waals surface area contributed by atoms with Gasteiger partial charge >= 0.3 is 0 Å². The normalized spacial score (nSPS) is 13.2. The molecule has 0 saturated carbocycles. The van der Waals surface area contributed by atoms with Crippen molar-refractivity contribution in [2.75, 3.05) is 24.9 Å². The number of sulfonamides is 1. The van der Waals surface area contributed by atoms with Crippen molar-refractivity contribution in [3.05, 3.63) is 81.8 Å². The molecule has 33 heavy (non-hydrogen) atoms. The maximum Gasteiger partial charge on any atom is 0.240 e. The van der Waals surface area contributed by atoms with E-state index < -0.39 is 16.9 Å². The van der Waals surface area contributed by atoms with Crippen LogP contribution < -0.4 is 14.4 Å². The first-order valence-electron chi connectivity index (χ1n) is 10.5. The van der Waals surface area contributed by atoms with Crippen molar-refractivity contribution in [3.8, 4) is 5.75 Å². The number of nitrogens with one attached hydrogen (secondary N) is 1. The Balaban J connectivity index is 1.47. The summed E-state index contributed by atoms with van der Waals surface area (Å²) in [5.41, 5.74) is 4.41. The molecule has 0 aromatic heterocycles. The predicted octanol–water partition coefficient (Wildman–Crippen LogP) is 5.90. The summed E-state index contributed by atoms with van der Waals surface area (Å²) in [5.74, 6) is 0.273. The summed E-state index contributed by atoms with van der Waals surface area (Å²) in [6.45, 7) is -0.103. The highest BCUT2D eigenvalue weighted by atomic mass is 35.5. The van der Waals surface area contributed by atoms with E-state index >= 15 is 0 Å². The molecule has 0 bridgehead atoms. The van der Waals surface area contributed by atoms with Crippen LogP contribution in [0.4, 0.5) is 15.8 Å². The summed E-state index contributed by atoms with van der Waals surface area (Å²) in [4.78, 5) is 2.30. The SMILES string of the molecule is O=S(=O)(NCCCN1c2ccc(Cl)cc2CCc2cc(Cl)ccc21)c1ccc(OCF)cc1. The van der Waals surface area contributed by atoms with Crippen LogP contribution in [0.3, 0.4) is 0 Å². The summed E-state index contributed by atoms with van der Waals surface area (Å²) >= 11 is 12.5. The molecule has 5 nitrogen and oxygen atoms in total. The number of benzene rings is 3. The third-order valence-corrected chi connectivity index (χ3v) is 7.48. The van der Waals surface area contributed by atoms with Gasteiger partial charge in [0.25, 0.3) is 0 Å². The van der Waals surface area contributed by atoms with E-state index in [9.17, 15) is 12.8 Å². The van der Waals surface area contributed by atoms with Gasteiger partial charge in [-0.3, -0.25) is 0 Å². The molecule has 0 unspecified atom stereocenters. The fourth-order valence-electron chi connectivity index (χ4n) is 3.98. The maximum atomic E-state index is 12.6. The number of hydrogen-bond donors (Lipinski definition) is 1. The van der Waals surface area contributed by atoms with Crippen molar-refractivity contribution < 1.29 is 17.5 Å². The second-order valence-electron chi connectivity index (χ2n) is 7.67. The molecule has 0 atom stereocenters. The summed E-state index contributed by atoms with van der Waals surface area (Å²) in [6.07, 6.45) is 2.26. The molecule has 3 aromatic carbocycles. The quantitative estimate of drug-likeness (QED) is 0.384. The summed E-state index contributed by atoms with van der Waals surface area (Å²) < 4.78 is 44.8. The minimum Gasteiger partial charge on any atom is -0.463 e. The fraction of sp³-hybridized carbons (Fsp3) is 0.250. The van der Waals surface area contributed by atoms with E-state index in [0.29, 0.717) is 23.0 Å². The molecule has 0 amide bonds. The highest BCUT2D eigenvalue weighted by molar-refractivity contribution is 7.89. The zero-order valence-electron chi connectivity index (χ0n) is 17.7. The second-order valence-corrected chi connectivity index (χ2v) is 10.3. The average molecular weight is 509 g/mol. The molecule has 1 aliphatic rings. The summed E-state index contributed by atoms with van der Waals surface area (Å²) in [5, 5.41) is 1.38. The number of anilines is 2. The minimum atomic E-state index is -3.69. The van der Waals surface area contributed by atoms with Gasteiger partial charge in [0, 0.05) is 34.5 Å². The van der Waals surface area contributed by atoms with Crippen molar-refractivity contribution in [1.82, 2.24) is 4.72 Å². The highest BCUT2D eigenvalue weighted by Gasteiger charge is 2.21. The molecular formula is C24H23Cl2FN2O3S. The second kappa shape index (κ2) is 10.3. The number of hydrogen-bond acceptors (Lipinski definition) is 4. The Labute approximate surface area is 203 Å². The monoisotopic (exact) mass is 508 g/mol. The third kappa shape index (κ3) is 5.61. The molecule has 1 heterocycles. The molecule has 4 rings (SSSR count). The number of aryl methyl sites for hydroxylation is 2. The topological polar surface area (TPSA) is 58.6 Å². The number of ether oxygens (including phenoxy) is 1. The van der Waals surface area contributed by atoms with Crippen molar-refractivity contribution in [1.29, 1.82) is 0 Å². The minimum absolute atomic E-state index is 0.100. The summed E-state index contributed by atoms with van der Waals surface area (Å²) in [7, 11) is -3.69. The van der Waals surface area contributed by atoms with Crippen molar-refractivity contribution in [2.45, 2.75) is 24.2 Å². The van der Waals surface area contributed by atoms with Gasteiger partial charge in [-0.1, -0.05) is 23.2 Å². The largest absolute Gasteiger partial charge is 0.463 e. The smallest absolute Gasteiger partial charge is 0.240 e. The van der Waals surface area contributed by atoms with Gasteiger partial charge in [-0.25, -0.2) is 17.5 Å². The van der Waals surface area contributed by atoms with Gasteiger partial charge in [-0.2, -0.15) is 0 Å². The highest BCUT2D eigenvalue weighted by Crippen LogP contribution is 2.38. The van der Waals surface area contributed by atoms with E-state index in [0.717, 1.165) is 35.3 Å². The third-order valence-electron chi connectivity index (χ3n) is 5.53. The van der Waals surface area contributed by atoms with Gasteiger partial charge in [0.2, 0.25) is 16.9 Å². The lowest BCUT2D eigenvalue weighted by Crippen LogP contribution is -2.28. The van der Waals surface area contributed by atoms with Crippen LogP contribution in [-0.4, -0.2) is 28.4 Å². The average Bonchev–Trinajstić information content (AvgIpc) is 2.93. The Morgan fingerprint density at radius 2 is 1.48 bits per heavy atom. The first kappa shape index (κ1) is 23.8. The van der Waals surface area contributed by atoms with Gasteiger partial charge in [-0.05, 0) is 91.1 Å². The Hall–Kier alpha value is -2.32. The Morgan fingerprint density at radius 1 is 0.909 bits per heavy atom. The molecule has 174 valence electrons. The van der Waals surface area contributed by atoms with Crippen molar-refractivity contribution in [3.63, 3.8) is 0 Å². The van der Waals surface area contributed by atoms with Gasteiger partial charge in [-0.15, -0.1) is 0 Å². The van der Waals surface area contributed by atoms with Crippen LogP contribution in [0.25, 0.3) is 0 Å². The molecule has 0 saturated heterocycles. The zero-order chi connectivity index (χ0) is 23.4. The van der Waals surface area contributed by atoms with E-state index in [1.165, 1.54) is 24.3 Å². The van der Waals surface area contributed by atoms with Gasteiger partial charge < -0.3 is 9.64 Å². The fourth-order valence-corrected chi connectivity index (χ4v) is 5.44. The molecule has 1 N–H and O–H groups in total. The first-order valence-corrected chi connectivity index (χ1v) is 12.7. The van der Waals surface area contributed by atoms with Gasteiger partial charge in [0.1, 0.15) is 5.75 Å². The number of nitrogens with zero attached hydrogens (tertiary/aromatic N) is 1. The molecule has 0 spiro atoms. The lowest BCUT2D eigenvalue weighted by atomic mass is 10.0. The summed E-state index contributed by atoms with van der Waals surface area (Å²) in [6, 6.07) is 17.3. The molecule has 1 aliphatic heterocycles. The van der Waals surface area contributed by atoms with E-state index in [1.54, 1.807) is 0 Å². The maximum absolute atomic E-state index is 12.6. The van der Waals surface area contributed by atoms with Crippen LogP contribution >= 0.6 is 23.2 Å². The molecule has 3 aromatic rings. The van der Waals surface area contributed by atoms with Crippen LogP contribution in [0.1, 0.15) is 17.5 Å². The van der Waals surface area contributed by atoms with Crippen LogP contribution in [0.15, 0.2) is 65.6 Å². The van der Waals surface area contributed by atoms with Crippen molar-refractivity contribution >= 4 is 44.6 Å². The lowest BCUT2D eigenvalue weighted by molar-refractivity contribution is 0.191. The predicted molar refractivity (Wildman–Crippen MR) is 130 cm³/mol. The number of alkyl halides is 1. The standard InChI is InChI=1S/C24H23Cl2FN2O3S/c25-19-4-10-23-17(14-19)2-3-18-15-20(26)5-11-24(18)29(23)13-1-12-28-33(30,31)22-8-6-21(7-9-22)32-16-27/h4-11,14-15,28H,1-3,12-13,16H2. The zero-order valence-corrected chi connectivity index (χ0v) is 20.1. The van der Waals surface area contributed by atoms with Crippen LogP contribution in [0.2, 0.25) is 10.0 Å². The number of halogens is 3. The molecule has 0 aliphatic carbocycles. The lowest BCUT2D eigenvalue weighted by Gasteiger charge is -2.27. The van der Waals surface area contributed by atoms with E-state index in [1.807, 2.05) is 36.4 Å².